The molecule has 0 bridgehead atoms. The number of hydrogen-bond donors (Lipinski definition) is 3. The Morgan fingerprint density at radius 2 is 2.33 bits per heavy atom. The first-order chi connectivity index (χ1) is 4.43. The number of rotatable bonds is 0. The van der Waals surface area contributed by atoms with Crippen molar-refractivity contribution in [3.05, 3.63) is 0 Å². The van der Waals surface area contributed by atoms with Gasteiger partial charge in [-0.1, -0.05) is 11.8 Å². The summed E-state index contributed by atoms with van der Waals surface area (Å²) in [5.41, 5.74) is 0. The number of aliphatic imine (C=N–C) groups is 1. The van der Waals surface area contributed by atoms with E-state index in [1.165, 1.54) is 0 Å². The molecule has 1 heterocycles. The molecule has 0 saturated carbocycles. The van der Waals surface area contributed by atoms with Gasteiger partial charge in [-0.2, -0.15) is 0 Å². The maximum Gasteiger partial charge on any atom is 0.156 e. The lowest BCUT2D eigenvalue weighted by molar-refractivity contribution is 0.963. The van der Waals surface area contributed by atoms with Gasteiger partial charge >= 0.3 is 0 Å². The first kappa shape index (κ1) is 9.52. The van der Waals surface area contributed by atoms with Crippen molar-refractivity contribution >= 4 is 40.3 Å². The van der Waals surface area contributed by atoms with Crippen LogP contribution in [-0.4, -0.2) is 24.5 Å². The quantitative estimate of drug-likeness (QED) is 0.386. The Hall–Kier alpha value is 0.520. The Morgan fingerprint density at radius 1 is 1.67 bits per heavy atom. The molecule has 0 spiro atoms. The van der Waals surface area contributed by atoms with Crippen molar-refractivity contribution < 1.29 is 0 Å². The van der Waals surface area contributed by atoms with Gasteiger partial charge in [-0.3, -0.25) is 4.99 Å². The van der Waals surface area contributed by atoms with Gasteiger partial charge in [0, 0.05) is 6.54 Å². The summed E-state index contributed by atoms with van der Waals surface area (Å²) in [5.74, 6) is 0. The average molecular weight is 182 g/mol. The predicted molar refractivity (Wildman–Crippen MR) is 51.8 cm³/mol. The standard InChI is InChI=1S/C4H8N2S.H2S2/c1-7-4-5-2-3-6-4;1-2/h2-3H2,1H3,(H,5,6);1-2H. The van der Waals surface area contributed by atoms with Gasteiger partial charge in [-0.25, -0.2) is 0 Å². The minimum atomic E-state index is 0.955. The van der Waals surface area contributed by atoms with Crippen LogP contribution in [0.1, 0.15) is 0 Å². The molecular weight excluding hydrogens is 172 g/mol. The molecule has 0 amide bonds. The molecule has 0 aromatic heterocycles. The fraction of sp³-hybridized carbons (Fsp3) is 0.750. The molecule has 5 heteroatoms. The molecule has 0 fully saturated rings. The van der Waals surface area contributed by atoms with E-state index >= 15 is 0 Å². The molecule has 1 N–H and O–H groups in total. The summed E-state index contributed by atoms with van der Waals surface area (Å²) in [6.45, 7) is 1.98. The normalized spacial score (nSPS) is 15.2. The van der Waals surface area contributed by atoms with Crippen LogP contribution in [0.5, 0.6) is 0 Å². The number of nitrogens with one attached hydrogen (secondary N) is 1. The molecule has 9 heavy (non-hydrogen) atoms. The van der Waals surface area contributed by atoms with Gasteiger partial charge in [-0.05, 0) is 6.26 Å². The third-order valence-corrected chi connectivity index (χ3v) is 1.50. The highest BCUT2D eigenvalue weighted by Crippen LogP contribution is 1.97. The molecule has 1 aliphatic heterocycles. The molecule has 54 valence electrons. The summed E-state index contributed by atoms with van der Waals surface area (Å²) in [4.78, 5) is 4.12. The molecule has 0 aromatic carbocycles. The van der Waals surface area contributed by atoms with Crippen LogP contribution in [0.4, 0.5) is 0 Å². The van der Waals surface area contributed by atoms with Gasteiger partial charge < -0.3 is 5.32 Å². The van der Waals surface area contributed by atoms with Crippen molar-refractivity contribution in [2.24, 2.45) is 4.99 Å². The minimum Gasteiger partial charge on any atom is -0.363 e. The zero-order valence-electron chi connectivity index (χ0n) is 5.16. The van der Waals surface area contributed by atoms with Crippen LogP contribution in [0.3, 0.4) is 0 Å². The molecule has 0 unspecified atom stereocenters. The van der Waals surface area contributed by atoms with Crippen LogP contribution in [0.2, 0.25) is 0 Å². The van der Waals surface area contributed by atoms with Gasteiger partial charge in [0.25, 0.3) is 0 Å². The molecule has 2 nitrogen and oxygen atoms in total. The monoisotopic (exact) mass is 182 g/mol. The fourth-order valence-corrected chi connectivity index (χ4v) is 0.980. The van der Waals surface area contributed by atoms with E-state index in [4.69, 9.17) is 0 Å². The second kappa shape index (κ2) is 6.64. The van der Waals surface area contributed by atoms with Gasteiger partial charge in [0.2, 0.25) is 0 Å². The summed E-state index contributed by atoms with van der Waals surface area (Å²) < 4.78 is 0. The zero-order chi connectivity index (χ0) is 7.11. The topological polar surface area (TPSA) is 24.4 Å². The third kappa shape index (κ3) is 4.00. The lowest BCUT2D eigenvalue weighted by Gasteiger charge is -1.91. The number of amidine groups is 1. The second-order valence-corrected chi connectivity index (χ2v) is 2.11. The SMILES string of the molecule is CSC1=NCCN1.SS. The molecule has 0 atom stereocenters. The minimum absolute atomic E-state index is 0.955. The highest BCUT2D eigenvalue weighted by atomic mass is 33.1. The lowest BCUT2D eigenvalue weighted by Crippen LogP contribution is -2.14. The van der Waals surface area contributed by atoms with Crippen LogP contribution < -0.4 is 5.32 Å². The van der Waals surface area contributed by atoms with Crippen molar-refractivity contribution in [3.8, 4) is 0 Å². The van der Waals surface area contributed by atoms with Crippen molar-refractivity contribution in [3.63, 3.8) is 0 Å². The van der Waals surface area contributed by atoms with Crippen molar-refractivity contribution in [1.82, 2.24) is 5.32 Å². The maximum atomic E-state index is 4.12. The summed E-state index contributed by atoms with van der Waals surface area (Å²) in [6, 6.07) is 0. The smallest absolute Gasteiger partial charge is 0.156 e. The molecule has 1 rings (SSSR count). The number of thiol groups is 2. The summed E-state index contributed by atoms with van der Waals surface area (Å²) in [7, 11) is 0. The maximum absolute atomic E-state index is 4.12. The van der Waals surface area contributed by atoms with Crippen LogP contribution in [-0.2, 0) is 0 Å². The molecule has 0 radical (unpaired) electrons. The number of hydrogen-bond acceptors (Lipinski definition) is 5. The first-order valence-corrected chi connectivity index (χ1v) is 5.28. The third-order valence-electron chi connectivity index (χ3n) is 0.837. The van der Waals surface area contributed by atoms with Crippen LogP contribution in [0.15, 0.2) is 4.99 Å². The van der Waals surface area contributed by atoms with E-state index < -0.39 is 0 Å². The zero-order valence-corrected chi connectivity index (χ0v) is 7.77. The first-order valence-electron chi connectivity index (χ1n) is 2.46. The fourth-order valence-electron chi connectivity index (χ4n) is 0.513. The van der Waals surface area contributed by atoms with Crippen molar-refractivity contribution in [1.29, 1.82) is 0 Å². The molecular formula is C4H10N2S3. The summed E-state index contributed by atoms with van der Waals surface area (Å²) in [5, 5.41) is 4.20. The van der Waals surface area contributed by atoms with E-state index in [0.717, 1.165) is 18.3 Å². The van der Waals surface area contributed by atoms with Crippen LogP contribution in [0, 0.1) is 0 Å². The van der Waals surface area contributed by atoms with E-state index in [2.05, 4.69) is 33.6 Å². The number of nitrogens with zero attached hydrogens (tertiary/aromatic N) is 1. The lowest BCUT2D eigenvalue weighted by atomic mass is 10.7. The largest absolute Gasteiger partial charge is 0.363 e. The molecule has 0 aliphatic carbocycles. The van der Waals surface area contributed by atoms with Crippen LogP contribution >= 0.6 is 35.1 Å². The Kier molecular flexibility index (Phi) is 7.02. The second-order valence-electron chi connectivity index (χ2n) is 1.32. The van der Waals surface area contributed by atoms with Crippen molar-refractivity contribution in [2.75, 3.05) is 19.3 Å². The van der Waals surface area contributed by atoms with E-state index in [1.54, 1.807) is 11.8 Å². The summed E-state index contributed by atoms with van der Waals surface area (Å²) in [6.07, 6.45) is 2.02. The van der Waals surface area contributed by atoms with Gasteiger partial charge in [0.1, 0.15) is 0 Å². The van der Waals surface area contributed by atoms with E-state index in [1.807, 2.05) is 6.26 Å². The molecule has 0 aromatic rings. The Bertz CT molecular complexity index is 93.8. The van der Waals surface area contributed by atoms with E-state index in [-0.39, 0.29) is 0 Å². The van der Waals surface area contributed by atoms with Gasteiger partial charge in [0.05, 0.1) is 6.54 Å². The van der Waals surface area contributed by atoms with Gasteiger partial charge in [-0.15, -0.1) is 23.3 Å². The van der Waals surface area contributed by atoms with Crippen LogP contribution in [0.25, 0.3) is 0 Å². The molecule has 1 aliphatic rings. The highest BCUT2D eigenvalue weighted by molar-refractivity contribution is 8.59. The Morgan fingerprint density at radius 3 is 2.56 bits per heavy atom. The average Bonchev–Trinajstić information content (AvgIpc) is 2.43. The van der Waals surface area contributed by atoms with E-state index in [9.17, 15) is 0 Å². The highest BCUT2D eigenvalue weighted by Gasteiger charge is 1.99. The predicted octanol–water partition coefficient (Wildman–Crippen LogP) is 1.07. The molecule has 0 saturated heterocycles. The van der Waals surface area contributed by atoms with Gasteiger partial charge in [0.15, 0.2) is 5.17 Å². The Labute approximate surface area is 70.1 Å². The summed E-state index contributed by atoms with van der Waals surface area (Å²) >= 11 is 8.12. The number of thioether (sulfide) groups is 1. The van der Waals surface area contributed by atoms with Crippen molar-refractivity contribution in [2.45, 2.75) is 0 Å². The van der Waals surface area contributed by atoms with E-state index in [0.29, 0.717) is 0 Å². The Balaban J connectivity index is 0.000000291.